The number of para-hydroxylation sites is 3. The van der Waals surface area contributed by atoms with Crippen LogP contribution in [0.1, 0.15) is 17.8 Å². The van der Waals surface area contributed by atoms with Crippen LogP contribution in [0.3, 0.4) is 0 Å². The summed E-state index contributed by atoms with van der Waals surface area (Å²) in [5, 5.41) is 8.03. The molecule has 8 heteroatoms. The average Bonchev–Trinajstić information content (AvgIpc) is 3.16. The van der Waals surface area contributed by atoms with E-state index in [-0.39, 0.29) is 10.8 Å². The highest BCUT2D eigenvalue weighted by Gasteiger charge is 2.13. The molecule has 0 atom stereocenters. The first kappa shape index (κ1) is 21.7. The number of fused-ring (bicyclic) bond motifs is 1. The van der Waals surface area contributed by atoms with E-state index in [4.69, 9.17) is 10.1 Å². The fourth-order valence-electron chi connectivity index (χ4n) is 3.61. The predicted molar refractivity (Wildman–Crippen MR) is 124 cm³/mol. The smallest absolute Gasteiger partial charge is 0.238 e. The first-order valence-electron chi connectivity index (χ1n) is 10.3. The van der Waals surface area contributed by atoms with Gasteiger partial charge in [0, 0.05) is 25.1 Å². The van der Waals surface area contributed by atoms with Gasteiger partial charge in [-0.3, -0.25) is 9.36 Å². The van der Waals surface area contributed by atoms with Gasteiger partial charge in [0.15, 0.2) is 0 Å². The van der Waals surface area contributed by atoms with Gasteiger partial charge in [0.1, 0.15) is 5.82 Å². The molecule has 1 amide bonds. The number of amides is 1. The third-order valence-electron chi connectivity index (χ3n) is 5.21. The summed E-state index contributed by atoms with van der Waals surface area (Å²) in [4.78, 5) is 17.2. The molecule has 0 saturated carbocycles. The molecule has 4 aromatic rings. The van der Waals surface area contributed by atoms with E-state index in [1.54, 1.807) is 12.1 Å². The average molecular weight is 449 g/mol. The third kappa shape index (κ3) is 5.04. The number of rotatable bonds is 8. The van der Waals surface area contributed by atoms with E-state index in [2.05, 4.69) is 9.88 Å². The van der Waals surface area contributed by atoms with E-state index >= 15 is 0 Å². The summed E-state index contributed by atoms with van der Waals surface area (Å²) < 4.78 is 24.7. The maximum Gasteiger partial charge on any atom is 0.238 e. The monoisotopic (exact) mass is 448 g/mol. The van der Waals surface area contributed by atoms with E-state index < -0.39 is 10.0 Å². The molecule has 0 radical (unpaired) electrons. The van der Waals surface area contributed by atoms with Gasteiger partial charge in [0.25, 0.3) is 0 Å². The minimum Gasteiger partial charge on any atom is -0.356 e. The number of nitrogens with two attached hydrogens (primary N) is 1. The van der Waals surface area contributed by atoms with E-state index in [9.17, 15) is 13.2 Å². The lowest BCUT2D eigenvalue weighted by Crippen LogP contribution is -2.26. The summed E-state index contributed by atoms with van der Waals surface area (Å²) >= 11 is 0. The Bertz CT molecular complexity index is 1330. The van der Waals surface area contributed by atoms with Gasteiger partial charge in [-0.1, -0.05) is 42.5 Å². The summed E-state index contributed by atoms with van der Waals surface area (Å²) in [5.74, 6) is 0.781. The molecule has 164 valence electrons. The van der Waals surface area contributed by atoms with Crippen molar-refractivity contribution in [2.75, 3.05) is 6.54 Å². The second-order valence-corrected chi connectivity index (χ2v) is 9.04. The lowest BCUT2D eigenvalue weighted by molar-refractivity contribution is -0.121. The lowest BCUT2D eigenvalue weighted by atomic mass is 10.1. The standard InChI is InChI=1S/C24H24N4O3S/c25-32(30,31)20-12-10-18(11-13-20)16-17-26-24(29)15-14-23-27-21-8-4-5-9-22(21)28(23)19-6-2-1-3-7-19/h1-13H,14-17H2,(H,26,29)(H2,25,30,31). The van der Waals surface area contributed by atoms with Crippen LogP contribution in [0.15, 0.2) is 83.8 Å². The van der Waals surface area contributed by atoms with Crippen LogP contribution in [0.25, 0.3) is 16.7 Å². The molecule has 0 spiro atoms. The Morgan fingerprint density at radius 2 is 1.59 bits per heavy atom. The Morgan fingerprint density at radius 3 is 2.31 bits per heavy atom. The SMILES string of the molecule is NS(=O)(=O)c1ccc(CCNC(=O)CCc2nc3ccccc3n2-c2ccccc2)cc1. The molecular weight excluding hydrogens is 424 g/mol. The van der Waals surface area contributed by atoms with Gasteiger partial charge in [0.05, 0.1) is 15.9 Å². The molecule has 0 aliphatic rings. The number of aryl methyl sites for hydroxylation is 1. The molecule has 3 N–H and O–H groups in total. The van der Waals surface area contributed by atoms with Crippen molar-refractivity contribution in [3.05, 3.63) is 90.3 Å². The first-order chi connectivity index (χ1) is 15.4. The summed E-state index contributed by atoms with van der Waals surface area (Å²) in [6, 6.07) is 24.3. The second-order valence-electron chi connectivity index (χ2n) is 7.48. The van der Waals surface area contributed by atoms with Gasteiger partial charge in [-0.15, -0.1) is 0 Å². The van der Waals surface area contributed by atoms with Gasteiger partial charge in [-0.2, -0.15) is 0 Å². The van der Waals surface area contributed by atoms with Gasteiger partial charge in [-0.05, 0) is 48.4 Å². The van der Waals surface area contributed by atoms with Gasteiger partial charge < -0.3 is 5.32 Å². The van der Waals surface area contributed by atoms with Crippen molar-refractivity contribution in [1.82, 2.24) is 14.9 Å². The molecule has 0 unspecified atom stereocenters. The Morgan fingerprint density at radius 1 is 0.906 bits per heavy atom. The number of sulfonamides is 1. The normalized spacial score (nSPS) is 11.5. The van der Waals surface area contributed by atoms with E-state index in [1.165, 1.54) is 12.1 Å². The van der Waals surface area contributed by atoms with Crippen LogP contribution in [0.5, 0.6) is 0 Å². The zero-order valence-electron chi connectivity index (χ0n) is 17.4. The zero-order valence-corrected chi connectivity index (χ0v) is 18.3. The Labute approximate surface area is 187 Å². The van der Waals surface area contributed by atoms with Crippen LogP contribution < -0.4 is 10.5 Å². The Hall–Kier alpha value is -3.49. The van der Waals surface area contributed by atoms with Crippen molar-refractivity contribution < 1.29 is 13.2 Å². The van der Waals surface area contributed by atoms with Gasteiger partial charge in [-0.25, -0.2) is 18.5 Å². The number of hydrogen-bond donors (Lipinski definition) is 2. The third-order valence-corrected chi connectivity index (χ3v) is 6.14. The molecule has 0 aliphatic carbocycles. The van der Waals surface area contributed by atoms with Crippen LogP contribution in [0.4, 0.5) is 0 Å². The number of carbonyl (C=O) groups excluding carboxylic acids is 1. The number of carbonyl (C=O) groups is 1. The van der Waals surface area contributed by atoms with Crippen molar-refractivity contribution in [3.8, 4) is 5.69 Å². The van der Waals surface area contributed by atoms with Crippen LogP contribution in [-0.4, -0.2) is 30.4 Å². The first-order valence-corrected chi connectivity index (χ1v) is 11.9. The number of nitrogens with one attached hydrogen (secondary N) is 1. The van der Waals surface area contributed by atoms with E-state index in [1.807, 2.05) is 54.6 Å². The van der Waals surface area contributed by atoms with Crippen molar-refractivity contribution in [2.45, 2.75) is 24.2 Å². The largest absolute Gasteiger partial charge is 0.356 e. The summed E-state index contributed by atoms with van der Waals surface area (Å²) in [6.07, 6.45) is 1.43. The lowest BCUT2D eigenvalue weighted by Gasteiger charge is -2.10. The highest BCUT2D eigenvalue weighted by atomic mass is 32.2. The van der Waals surface area contributed by atoms with E-state index in [0.29, 0.717) is 25.8 Å². The molecule has 7 nitrogen and oxygen atoms in total. The highest BCUT2D eigenvalue weighted by molar-refractivity contribution is 7.89. The quantitative estimate of drug-likeness (QED) is 0.432. The second kappa shape index (κ2) is 9.33. The van der Waals surface area contributed by atoms with Crippen LogP contribution in [-0.2, 0) is 27.7 Å². The predicted octanol–water partition coefficient (Wildman–Crippen LogP) is 2.96. The summed E-state index contributed by atoms with van der Waals surface area (Å²) in [6.45, 7) is 0.461. The maximum absolute atomic E-state index is 12.4. The van der Waals surface area contributed by atoms with Crippen molar-refractivity contribution >= 4 is 27.0 Å². The van der Waals surface area contributed by atoms with Crippen LogP contribution in [0, 0.1) is 0 Å². The summed E-state index contributed by atoms with van der Waals surface area (Å²) in [5.41, 5.74) is 3.84. The van der Waals surface area contributed by atoms with Gasteiger partial charge >= 0.3 is 0 Å². The molecule has 0 aliphatic heterocycles. The molecule has 3 aromatic carbocycles. The highest BCUT2D eigenvalue weighted by Crippen LogP contribution is 2.22. The molecule has 0 saturated heterocycles. The van der Waals surface area contributed by atoms with Crippen molar-refractivity contribution in [3.63, 3.8) is 0 Å². The minimum atomic E-state index is -3.70. The van der Waals surface area contributed by atoms with E-state index in [0.717, 1.165) is 28.1 Å². The van der Waals surface area contributed by atoms with Crippen molar-refractivity contribution in [2.24, 2.45) is 5.14 Å². The number of nitrogens with zero attached hydrogens (tertiary/aromatic N) is 2. The number of aromatic nitrogens is 2. The number of hydrogen-bond acceptors (Lipinski definition) is 4. The number of primary sulfonamides is 1. The molecule has 1 aromatic heterocycles. The zero-order chi connectivity index (χ0) is 22.6. The summed E-state index contributed by atoms with van der Waals surface area (Å²) in [7, 11) is -3.70. The molecule has 0 bridgehead atoms. The Kier molecular flexibility index (Phi) is 6.34. The van der Waals surface area contributed by atoms with Crippen LogP contribution >= 0.6 is 0 Å². The topological polar surface area (TPSA) is 107 Å². The molecule has 4 rings (SSSR count). The molecule has 0 fully saturated rings. The maximum atomic E-state index is 12.4. The van der Waals surface area contributed by atoms with Crippen molar-refractivity contribution in [1.29, 1.82) is 0 Å². The number of benzene rings is 3. The molecular formula is C24H24N4O3S. The molecule has 32 heavy (non-hydrogen) atoms. The molecule has 1 heterocycles. The Balaban J connectivity index is 1.37. The van der Waals surface area contributed by atoms with Crippen LogP contribution in [0.2, 0.25) is 0 Å². The fraction of sp³-hybridized carbons (Fsp3) is 0.167. The fourth-order valence-corrected chi connectivity index (χ4v) is 4.13. The van der Waals surface area contributed by atoms with Gasteiger partial charge in [0.2, 0.25) is 15.9 Å². The minimum absolute atomic E-state index is 0.0576. The number of imidazole rings is 1.